The molecule has 0 amide bonds. The molecule has 0 radical (unpaired) electrons. The highest BCUT2D eigenvalue weighted by Gasteiger charge is 2.16. The average molecular weight is 382 g/mol. The zero-order valence-corrected chi connectivity index (χ0v) is 16.5. The minimum absolute atomic E-state index is 0.0868. The first-order valence-corrected chi connectivity index (χ1v) is 10.2. The number of hydrogen-bond donors (Lipinski definition) is 0. The average Bonchev–Trinajstić information content (AvgIpc) is 3.18. The molecule has 132 valence electrons. The van der Waals surface area contributed by atoms with Crippen molar-refractivity contribution in [2.24, 2.45) is 0 Å². The summed E-state index contributed by atoms with van der Waals surface area (Å²) >= 11 is 3.04. The summed E-state index contributed by atoms with van der Waals surface area (Å²) in [6.07, 6.45) is 0. The van der Waals surface area contributed by atoms with Gasteiger partial charge in [-0.3, -0.25) is 9.20 Å². The van der Waals surface area contributed by atoms with Crippen LogP contribution in [-0.2, 0) is 5.41 Å². The maximum absolute atomic E-state index is 12.6. The van der Waals surface area contributed by atoms with Gasteiger partial charge in [-0.15, -0.1) is 10.2 Å². The van der Waals surface area contributed by atoms with Crippen LogP contribution < -0.4 is 0 Å². The van der Waals surface area contributed by atoms with Gasteiger partial charge in [-0.05, 0) is 23.1 Å². The van der Waals surface area contributed by atoms with Gasteiger partial charge in [0.2, 0.25) is 4.96 Å². The van der Waals surface area contributed by atoms with Gasteiger partial charge in [0.15, 0.2) is 10.9 Å². The maximum Gasteiger partial charge on any atom is 0.217 e. The molecule has 0 N–H and O–H groups in total. The van der Waals surface area contributed by atoms with Crippen molar-refractivity contribution in [3.63, 3.8) is 0 Å². The lowest BCUT2D eigenvalue weighted by Crippen LogP contribution is -2.11. The Labute approximate surface area is 160 Å². The topological polar surface area (TPSA) is 47.3 Å². The second kappa shape index (κ2) is 6.52. The number of carbonyl (C=O) groups excluding carboxylic acids is 1. The van der Waals surface area contributed by atoms with Crippen LogP contribution in [0.5, 0.6) is 0 Å². The number of hydrogen-bond acceptors (Lipinski definition) is 5. The van der Waals surface area contributed by atoms with E-state index in [0.29, 0.717) is 5.75 Å². The van der Waals surface area contributed by atoms with E-state index >= 15 is 0 Å². The number of fused-ring (bicyclic) bond motifs is 3. The zero-order chi connectivity index (χ0) is 18.3. The fraction of sp³-hybridized carbons (Fsp3) is 0.250. The number of thiazole rings is 1. The first-order chi connectivity index (χ1) is 12.4. The van der Waals surface area contributed by atoms with Gasteiger partial charge in [-0.25, -0.2) is 0 Å². The van der Waals surface area contributed by atoms with E-state index < -0.39 is 0 Å². The molecule has 0 unspecified atom stereocenters. The van der Waals surface area contributed by atoms with E-state index in [-0.39, 0.29) is 11.2 Å². The summed E-state index contributed by atoms with van der Waals surface area (Å²) in [5.74, 6) is 0.451. The molecule has 6 heteroatoms. The molecule has 0 saturated carbocycles. The zero-order valence-electron chi connectivity index (χ0n) is 14.9. The molecule has 0 atom stereocenters. The van der Waals surface area contributed by atoms with E-state index in [1.54, 1.807) is 11.3 Å². The van der Waals surface area contributed by atoms with Crippen LogP contribution in [0.3, 0.4) is 0 Å². The lowest BCUT2D eigenvalue weighted by atomic mass is 9.86. The predicted octanol–water partition coefficient (Wildman–Crippen LogP) is 5.22. The number of nitrogens with zero attached hydrogens (tertiary/aromatic N) is 3. The minimum atomic E-state index is 0.0868. The van der Waals surface area contributed by atoms with Gasteiger partial charge in [-0.2, -0.15) is 0 Å². The first kappa shape index (κ1) is 17.2. The van der Waals surface area contributed by atoms with Crippen molar-refractivity contribution < 1.29 is 4.79 Å². The minimum Gasteiger partial charge on any atom is -0.293 e. The Kier molecular flexibility index (Phi) is 4.32. The van der Waals surface area contributed by atoms with Crippen molar-refractivity contribution in [1.29, 1.82) is 0 Å². The highest BCUT2D eigenvalue weighted by atomic mass is 32.2. The number of Topliss-reactive ketones (excluding diaryl/α,β-unsaturated/α-hetero) is 1. The van der Waals surface area contributed by atoms with Crippen LogP contribution >= 0.6 is 23.1 Å². The molecule has 0 aliphatic heterocycles. The second-order valence-corrected chi connectivity index (χ2v) is 9.16. The van der Waals surface area contributed by atoms with Crippen molar-refractivity contribution >= 4 is 44.1 Å². The second-order valence-electron chi connectivity index (χ2n) is 7.21. The van der Waals surface area contributed by atoms with Crippen molar-refractivity contribution in [2.75, 3.05) is 5.75 Å². The smallest absolute Gasteiger partial charge is 0.217 e. The van der Waals surface area contributed by atoms with Gasteiger partial charge in [0.1, 0.15) is 0 Å². The summed E-state index contributed by atoms with van der Waals surface area (Å²) in [5.41, 5.74) is 3.14. The molecule has 0 spiro atoms. The van der Waals surface area contributed by atoms with Gasteiger partial charge in [0, 0.05) is 5.56 Å². The normalized spacial score (nSPS) is 12.1. The van der Waals surface area contributed by atoms with E-state index in [1.165, 1.54) is 22.0 Å². The first-order valence-electron chi connectivity index (χ1n) is 8.43. The van der Waals surface area contributed by atoms with Crippen LogP contribution in [0.25, 0.3) is 15.2 Å². The molecule has 0 saturated heterocycles. The Morgan fingerprint density at radius 2 is 1.81 bits per heavy atom. The molecule has 2 aromatic heterocycles. The summed E-state index contributed by atoms with van der Waals surface area (Å²) in [4.78, 5) is 13.4. The largest absolute Gasteiger partial charge is 0.293 e. The van der Waals surface area contributed by atoms with Crippen molar-refractivity contribution in [3.8, 4) is 0 Å². The molecule has 0 bridgehead atoms. The molecule has 4 nitrogen and oxygen atoms in total. The Bertz CT molecular complexity index is 1090. The Hall–Kier alpha value is -2.18. The Morgan fingerprint density at radius 3 is 2.54 bits per heavy atom. The lowest BCUT2D eigenvalue weighted by molar-refractivity contribution is 0.102. The molecule has 0 aliphatic rings. The number of aromatic nitrogens is 3. The maximum atomic E-state index is 12.6. The number of thioether (sulfide) groups is 1. The lowest BCUT2D eigenvalue weighted by Gasteiger charge is -2.18. The number of benzene rings is 2. The molecular weight excluding hydrogens is 362 g/mol. The van der Waals surface area contributed by atoms with Crippen LogP contribution in [0, 0.1) is 0 Å². The highest BCUT2D eigenvalue weighted by molar-refractivity contribution is 7.99. The van der Waals surface area contributed by atoms with E-state index in [1.807, 2.05) is 40.8 Å². The fourth-order valence-corrected chi connectivity index (χ4v) is 4.68. The van der Waals surface area contributed by atoms with Gasteiger partial charge in [0.25, 0.3) is 0 Å². The fourth-order valence-electron chi connectivity index (χ4n) is 2.82. The van der Waals surface area contributed by atoms with E-state index in [2.05, 4.69) is 43.1 Å². The standard InChI is InChI=1S/C20H19N3OS2/c1-20(2,3)14-10-8-13(9-11-14)16(24)12-25-18-21-22-19-23(18)15-6-4-5-7-17(15)26-19/h4-11H,12H2,1-3H3. The number of carbonyl (C=O) groups is 1. The molecule has 2 heterocycles. The van der Waals surface area contributed by atoms with Gasteiger partial charge in [-0.1, -0.05) is 80.3 Å². The van der Waals surface area contributed by atoms with E-state index in [4.69, 9.17) is 0 Å². The Morgan fingerprint density at radius 1 is 1.08 bits per heavy atom. The molecule has 4 aromatic rings. The highest BCUT2D eigenvalue weighted by Crippen LogP contribution is 2.30. The molecule has 2 aromatic carbocycles. The summed E-state index contributed by atoms with van der Waals surface area (Å²) in [6.45, 7) is 6.50. The van der Waals surface area contributed by atoms with Crippen LogP contribution in [-0.4, -0.2) is 26.1 Å². The van der Waals surface area contributed by atoms with Crippen LogP contribution in [0.2, 0.25) is 0 Å². The van der Waals surface area contributed by atoms with Gasteiger partial charge >= 0.3 is 0 Å². The van der Waals surface area contributed by atoms with Crippen LogP contribution in [0.15, 0.2) is 53.7 Å². The quantitative estimate of drug-likeness (QED) is 0.359. The van der Waals surface area contributed by atoms with Crippen molar-refractivity contribution in [3.05, 3.63) is 59.7 Å². The van der Waals surface area contributed by atoms with Crippen LogP contribution in [0.4, 0.5) is 0 Å². The summed E-state index contributed by atoms with van der Waals surface area (Å²) < 4.78 is 3.20. The number of ketones is 1. The summed E-state index contributed by atoms with van der Waals surface area (Å²) in [6, 6.07) is 16.1. The van der Waals surface area contributed by atoms with E-state index in [0.717, 1.165) is 21.2 Å². The third kappa shape index (κ3) is 3.15. The molecule has 4 rings (SSSR count). The molecule has 0 aliphatic carbocycles. The van der Waals surface area contributed by atoms with Gasteiger partial charge < -0.3 is 0 Å². The van der Waals surface area contributed by atoms with Crippen molar-refractivity contribution in [1.82, 2.24) is 14.6 Å². The van der Waals surface area contributed by atoms with Gasteiger partial charge in [0.05, 0.1) is 16.0 Å². The molecule has 26 heavy (non-hydrogen) atoms. The SMILES string of the molecule is CC(C)(C)c1ccc(C(=O)CSc2nnc3sc4ccccc4n23)cc1. The third-order valence-corrected chi connectivity index (χ3v) is 6.26. The predicted molar refractivity (Wildman–Crippen MR) is 109 cm³/mol. The molecular formula is C20H19N3OS2. The summed E-state index contributed by atoms with van der Waals surface area (Å²) in [5, 5.41) is 9.26. The van der Waals surface area contributed by atoms with E-state index in [9.17, 15) is 4.79 Å². The summed E-state index contributed by atoms with van der Waals surface area (Å²) in [7, 11) is 0. The molecule has 0 fully saturated rings. The number of para-hydroxylation sites is 1. The van der Waals surface area contributed by atoms with Crippen molar-refractivity contribution in [2.45, 2.75) is 31.3 Å². The number of rotatable bonds is 4. The van der Waals surface area contributed by atoms with Crippen LogP contribution in [0.1, 0.15) is 36.7 Å². The Balaban J connectivity index is 1.54. The monoisotopic (exact) mass is 381 g/mol. The third-order valence-electron chi connectivity index (χ3n) is 4.32.